The van der Waals surface area contributed by atoms with Crippen LogP contribution in [-0.2, 0) is 13.2 Å². The lowest BCUT2D eigenvalue weighted by molar-refractivity contribution is 0.304. The molecule has 2 aromatic rings. The number of halogens is 2. The third kappa shape index (κ3) is 5.14. The van der Waals surface area contributed by atoms with Gasteiger partial charge in [0.15, 0.2) is 0 Å². The van der Waals surface area contributed by atoms with E-state index >= 15 is 0 Å². The fourth-order valence-electron chi connectivity index (χ4n) is 1.95. The minimum atomic E-state index is -0.288. The van der Waals surface area contributed by atoms with Crippen LogP contribution in [0.25, 0.3) is 0 Å². The van der Waals surface area contributed by atoms with Crippen molar-refractivity contribution in [3.05, 3.63) is 63.9 Å². The number of hydrogen-bond acceptors (Lipinski definition) is 2. The maximum Gasteiger partial charge on any atom is 0.126 e. The van der Waals surface area contributed by atoms with Crippen LogP contribution in [-0.4, -0.2) is 6.54 Å². The summed E-state index contributed by atoms with van der Waals surface area (Å²) in [7, 11) is 0. The Bertz CT molecular complexity index is 589. The van der Waals surface area contributed by atoms with E-state index in [2.05, 4.69) is 40.3 Å². The van der Waals surface area contributed by atoms with E-state index in [0.29, 0.717) is 12.4 Å². The number of rotatable bonds is 7. The smallest absolute Gasteiger partial charge is 0.126 e. The zero-order valence-electron chi connectivity index (χ0n) is 12.0. The van der Waals surface area contributed by atoms with Crippen molar-refractivity contribution < 1.29 is 9.13 Å². The molecular formula is C17H19BrFNO. The van der Waals surface area contributed by atoms with Gasteiger partial charge in [-0.1, -0.05) is 41.1 Å². The van der Waals surface area contributed by atoms with Gasteiger partial charge in [0.1, 0.15) is 18.2 Å². The monoisotopic (exact) mass is 351 g/mol. The summed E-state index contributed by atoms with van der Waals surface area (Å²) in [5.41, 5.74) is 2.27. The minimum Gasteiger partial charge on any atom is -0.489 e. The lowest BCUT2D eigenvalue weighted by Crippen LogP contribution is -2.13. The van der Waals surface area contributed by atoms with Crippen molar-refractivity contribution in [1.29, 1.82) is 0 Å². The maximum absolute atomic E-state index is 13.1. The first-order chi connectivity index (χ1) is 10.2. The van der Waals surface area contributed by atoms with E-state index in [9.17, 15) is 4.39 Å². The van der Waals surface area contributed by atoms with Gasteiger partial charge in [0.2, 0.25) is 0 Å². The SMILES string of the molecule is CCCNCc1ccc(COc2cccc(F)c2)c(Br)c1. The third-order valence-electron chi connectivity index (χ3n) is 3.06. The molecule has 2 nitrogen and oxygen atoms in total. The van der Waals surface area contributed by atoms with Crippen LogP contribution in [0.15, 0.2) is 46.9 Å². The molecule has 0 unspecified atom stereocenters. The summed E-state index contributed by atoms with van der Waals surface area (Å²) in [6, 6.07) is 12.4. The molecule has 0 atom stereocenters. The van der Waals surface area contributed by atoms with Crippen molar-refractivity contribution in [1.82, 2.24) is 5.32 Å². The van der Waals surface area contributed by atoms with Crippen LogP contribution in [0.4, 0.5) is 4.39 Å². The van der Waals surface area contributed by atoms with Crippen LogP contribution in [0, 0.1) is 5.82 Å². The average Bonchev–Trinajstić information content (AvgIpc) is 2.47. The molecule has 0 amide bonds. The van der Waals surface area contributed by atoms with Gasteiger partial charge in [0.05, 0.1) is 0 Å². The number of ether oxygens (including phenoxy) is 1. The molecule has 0 saturated heterocycles. The second-order valence-electron chi connectivity index (χ2n) is 4.85. The van der Waals surface area contributed by atoms with Crippen LogP contribution in [0.5, 0.6) is 5.75 Å². The first-order valence-corrected chi connectivity index (χ1v) is 7.84. The van der Waals surface area contributed by atoms with Crippen LogP contribution in [0.2, 0.25) is 0 Å². The molecule has 0 aliphatic carbocycles. The first-order valence-electron chi connectivity index (χ1n) is 7.05. The molecule has 21 heavy (non-hydrogen) atoms. The van der Waals surface area contributed by atoms with E-state index in [-0.39, 0.29) is 5.82 Å². The van der Waals surface area contributed by atoms with Crippen LogP contribution < -0.4 is 10.1 Å². The average molecular weight is 352 g/mol. The second kappa shape index (κ2) is 8.15. The predicted molar refractivity (Wildman–Crippen MR) is 86.9 cm³/mol. The standard InChI is InChI=1S/C17H19BrFNO/c1-2-8-20-11-13-6-7-14(17(18)9-13)12-21-16-5-3-4-15(19)10-16/h3-7,9-10,20H,2,8,11-12H2,1H3. The zero-order chi connectivity index (χ0) is 15.1. The summed E-state index contributed by atoms with van der Waals surface area (Å²) < 4.78 is 19.7. The Kier molecular flexibility index (Phi) is 6.21. The Labute approximate surface area is 133 Å². The van der Waals surface area contributed by atoms with Crippen molar-refractivity contribution >= 4 is 15.9 Å². The molecule has 4 heteroatoms. The Balaban J connectivity index is 1.94. The second-order valence-corrected chi connectivity index (χ2v) is 5.70. The summed E-state index contributed by atoms with van der Waals surface area (Å²) in [4.78, 5) is 0. The normalized spacial score (nSPS) is 10.6. The van der Waals surface area contributed by atoms with Gasteiger partial charge in [-0.15, -0.1) is 0 Å². The Morgan fingerprint density at radius 2 is 2.05 bits per heavy atom. The summed E-state index contributed by atoms with van der Waals surface area (Å²) in [5.74, 6) is 0.250. The van der Waals surface area contributed by atoms with Gasteiger partial charge in [0, 0.05) is 22.6 Å². The van der Waals surface area contributed by atoms with Crippen LogP contribution in [0.3, 0.4) is 0 Å². The van der Waals surface area contributed by atoms with E-state index < -0.39 is 0 Å². The maximum atomic E-state index is 13.1. The van der Waals surface area contributed by atoms with E-state index in [1.54, 1.807) is 12.1 Å². The van der Waals surface area contributed by atoms with Crippen molar-refractivity contribution in [2.75, 3.05) is 6.54 Å². The fraction of sp³-hybridized carbons (Fsp3) is 0.294. The summed E-state index contributed by atoms with van der Waals surface area (Å²) in [6.45, 7) is 4.43. The van der Waals surface area contributed by atoms with Gasteiger partial charge in [-0.3, -0.25) is 0 Å². The summed E-state index contributed by atoms with van der Waals surface area (Å²) in [6.07, 6.45) is 1.13. The third-order valence-corrected chi connectivity index (χ3v) is 3.80. The van der Waals surface area contributed by atoms with Gasteiger partial charge in [0.25, 0.3) is 0 Å². The molecule has 112 valence electrons. The molecular weight excluding hydrogens is 333 g/mol. The fourth-order valence-corrected chi connectivity index (χ4v) is 2.49. The van der Waals surface area contributed by atoms with Crippen molar-refractivity contribution in [3.63, 3.8) is 0 Å². The lowest BCUT2D eigenvalue weighted by atomic mass is 10.1. The largest absolute Gasteiger partial charge is 0.489 e. The molecule has 1 N–H and O–H groups in total. The molecule has 2 rings (SSSR count). The molecule has 0 saturated carbocycles. The van der Waals surface area contributed by atoms with Crippen molar-refractivity contribution in [2.45, 2.75) is 26.5 Å². The highest BCUT2D eigenvalue weighted by Gasteiger charge is 2.03. The van der Waals surface area contributed by atoms with Crippen LogP contribution in [0.1, 0.15) is 24.5 Å². The molecule has 0 bridgehead atoms. The Morgan fingerprint density at radius 3 is 2.76 bits per heavy atom. The number of nitrogens with one attached hydrogen (secondary N) is 1. The first kappa shape index (κ1) is 16.0. The highest BCUT2D eigenvalue weighted by atomic mass is 79.9. The van der Waals surface area contributed by atoms with E-state index in [4.69, 9.17) is 4.74 Å². The Morgan fingerprint density at radius 1 is 1.19 bits per heavy atom. The van der Waals surface area contributed by atoms with Gasteiger partial charge in [-0.25, -0.2) is 4.39 Å². The van der Waals surface area contributed by atoms with Crippen molar-refractivity contribution in [3.8, 4) is 5.75 Å². The molecule has 0 aromatic heterocycles. The Hall–Kier alpha value is -1.39. The van der Waals surface area contributed by atoms with E-state index in [1.165, 1.54) is 17.7 Å². The number of hydrogen-bond donors (Lipinski definition) is 1. The van der Waals surface area contributed by atoms with E-state index in [1.807, 2.05) is 6.07 Å². The lowest BCUT2D eigenvalue weighted by Gasteiger charge is -2.10. The molecule has 0 aliphatic rings. The topological polar surface area (TPSA) is 21.3 Å². The number of benzene rings is 2. The minimum absolute atomic E-state index is 0.288. The van der Waals surface area contributed by atoms with E-state index in [0.717, 1.165) is 29.5 Å². The molecule has 2 aromatic carbocycles. The predicted octanol–water partition coefficient (Wildman–Crippen LogP) is 4.67. The molecule has 0 heterocycles. The van der Waals surface area contributed by atoms with Crippen LogP contribution >= 0.6 is 15.9 Å². The highest BCUT2D eigenvalue weighted by molar-refractivity contribution is 9.10. The van der Waals surface area contributed by atoms with Crippen molar-refractivity contribution in [2.24, 2.45) is 0 Å². The quantitative estimate of drug-likeness (QED) is 0.732. The molecule has 0 aliphatic heterocycles. The molecule has 0 spiro atoms. The zero-order valence-corrected chi connectivity index (χ0v) is 13.6. The van der Waals surface area contributed by atoms with Gasteiger partial charge >= 0.3 is 0 Å². The summed E-state index contributed by atoms with van der Waals surface area (Å²) in [5, 5.41) is 3.37. The van der Waals surface area contributed by atoms with Gasteiger partial charge < -0.3 is 10.1 Å². The highest BCUT2D eigenvalue weighted by Crippen LogP contribution is 2.21. The summed E-state index contributed by atoms with van der Waals surface area (Å²) >= 11 is 3.56. The molecule has 0 radical (unpaired) electrons. The van der Waals surface area contributed by atoms with Gasteiger partial charge in [-0.05, 0) is 36.7 Å². The molecule has 0 fully saturated rings. The van der Waals surface area contributed by atoms with Gasteiger partial charge in [-0.2, -0.15) is 0 Å².